The summed E-state index contributed by atoms with van der Waals surface area (Å²) in [4.78, 5) is 7.77. The van der Waals surface area contributed by atoms with E-state index in [1.807, 2.05) is 10.8 Å². The smallest absolute Gasteiger partial charge is 0.286 e. The Bertz CT molecular complexity index is 553. The first-order valence-corrected chi connectivity index (χ1v) is 6.80. The van der Waals surface area contributed by atoms with Crippen molar-refractivity contribution in [3.05, 3.63) is 55.4 Å². The maximum Gasteiger partial charge on any atom is 0.286 e. The third-order valence-electron chi connectivity index (χ3n) is 2.58. The monoisotopic (exact) mass is 301 g/mol. The number of nitrogens with zero attached hydrogens (tertiary/aromatic N) is 3. The Hall–Kier alpha value is -2.60. The van der Waals surface area contributed by atoms with Crippen molar-refractivity contribution >= 4 is 18.6 Å². The molecule has 0 bridgehead atoms. The van der Waals surface area contributed by atoms with Gasteiger partial charge < -0.3 is 9.47 Å². The van der Waals surface area contributed by atoms with Gasteiger partial charge in [-0.05, 0) is 0 Å². The van der Waals surface area contributed by atoms with Crippen LogP contribution in [0.4, 0.5) is 0 Å². The van der Waals surface area contributed by atoms with Crippen molar-refractivity contribution in [2.45, 2.75) is 6.54 Å². The van der Waals surface area contributed by atoms with Crippen molar-refractivity contribution in [3.8, 4) is 0 Å². The Morgan fingerprint density at radius 1 is 1.36 bits per heavy atom. The normalized spacial score (nSPS) is 11.4. The Labute approximate surface area is 130 Å². The minimum atomic E-state index is 0.436. The summed E-state index contributed by atoms with van der Waals surface area (Å²) in [6, 6.07) is 0. The molecule has 0 saturated heterocycles. The fraction of sp³-hybridized carbons (Fsp3) is 0.250. The lowest BCUT2D eigenvalue weighted by molar-refractivity contribution is -0.701. The van der Waals surface area contributed by atoms with Crippen LogP contribution in [-0.2, 0) is 16.0 Å². The number of aliphatic imine (C=N–C) groups is 1. The molecule has 0 spiro atoms. The standard InChI is InChI=1S/C16H21N4O2/c1-3-15-9-19-14-20(11-15)5-6-21-7-8-22-12-16(4-2)10-18-13-17/h3-4,9-14,17H,1-2,5-8H2/q+1/b16-12-,17-13?,18-10?. The van der Waals surface area contributed by atoms with Crippen molar-refractivity contribution in [3.63, 3.8) is 0 Å². The van der Waals surface area contributed by atoms with Crippen LogP contribution in [0.1, 0.15) is 5.56 Å². The van der Waals surface area contributed by atoms with Crippen LogP contribution in [0.5, 0.6) is 0 Å². The summed E-state index contributed by atoms with van der Waals surface area (Å²) in [7, 11) is 0. The van der Waals surface area contributed by atoms with Gasteiger partial charge in [0.25, 0.3) is 6.33 Å². The summed E-state index contributed by atoms with van der Waals surface area (Å²) in [5, 5.41) is 6.80. The van der Waals surface area contributed by atoms with E-state index in [4.69, 9.17) is 14.9 Å². The summed E-state index contributed by atoms with van der Waals surface area (Å²) >= 11 is 0. The molecule has 0 aliphatic heterocycles. The molecule has 1 N–H and O–H groups in total. The van der Waals surface area contributed by atoms with E-state index in [-0.39, 0.29) is 0 Å². The molecule has 0 radical (unpaired) electrons. The van der Waals surface area contributed by atoms with Crippen molar-refractivity contribution in [2.24, 2.45) is 4.99 Å². The van der Waals surface area contributed by atoms with Crippen molar-refractivity contribution in [1.82, 2.24) is 4.98 Å². The van der Waals surface area contributed by atoms with Crippen molar-refractivity contribution < 1.29 is 14.0 Å². The van der Waals surface area contributed by atoms with Crippen LogP contribution in [0.25, 0.3) is 6.08 Å². The van der Waals surface area contributed by atoms with Crippen LogP contribution in [0.15, 0.2) is 54.8 Å². The second kappa shape index (κ2) is 11.1. The number of aromatic nitrogens is 2. The Kier molecular flexibility index (Phi) is 8.81. The molecule has 6 heteroatoms. The summed E-state index contributed by atoms with van der Waals surface area (Å²) in [5.74, 6) is 0. The molecule has 0 aliphatic rings. The van der Waals surface area contributed by atoms with Gasteiger partial charge in [-0.2, -0.15) is 0 Å². The molecule has 0 unspecified atom stereocenters. The van der Waals surface area contributed by atoms with Crippen LogP contribution in [-0.4, -0.2) is 37.4 Å². The predicted octanol–water partition coefficient (Wildman–Crippen LogP) is 1.79. The molecule has 22 heavy (non-hydrogen) atoms. The lowest BCUT2D eigenvalue weighted by Gasteiger charge is -2.04. The fourth-order valence-electron chi connectivity index (χ4n) is 1.48. The van der Waals surface area contributed by atoms with Gasteiger partial charge in [0.15, 0.2) is 0 Å². The highest BCUT2D eigenvalue weighted by Gasteiger charge is 1.99. The number of nitrogens with one attached hydrogen (secondary N) is 1. The third-order valence-corrected chi connectivity index (χ3v) is 2.58. The maximum atomic E-state index is 6.80. The Balaban J connectivity index is 2.18. The largest absolute Gasteiger partial charge is 0.498 e. The maximum absolute atomic E-state index is 6.80. The van der Waals surface area contributed by atoms with Crippen molar-refractivity contribution in [1.29, 1.82) is 5.41 Å². The molecule has 0 amide bonds. The third kappa shape index (κ3) is 7.25. The first-order chi connectivity index (χ1) is 10.8. The van der Waals surface area contributed by atoms with Crippen LogP contribution in [0, 0.1) is 5.41 Å². The van der Waals surface area contributed by atoms with Gasteiger partial charge in [-0.1, -0.05) is 30.3 Å². The highest BCUT2D eigenvalue weighted by Crippen LogP contribution is 1.93. The van der Waals surface area contributed by atoms with Crippen LogP contribution in [0.2, 0.25) is 0 Å². The molecular formula is C16H21N4O2+. The molecule has 1 aromatic heterocycles. The molecular weight excluding hydrogens is 280 g/mol. The first-order valence-electron chi connectivity index (χ1n) is 6.80. The van der Waals surface area contributed by atoms with Gasteiger partial charge in [0, 0.05) is 11.8 Å². The fourth-order valence-corrected chi connectivity index (χ4v) is 1.48. The number of hydrogen-bond donors (Lipinski definition) is 1. The second-order valence-corrected chi connectivity index (χ2v) is 4.18. The SMILES string of the molecule is C=C/C(C=NC=N)=C/OCCOCC[n+]1cncc(C=C)c1. The Morgan fingerprint density at radius 2 is 2.23 bits per heavy atom. The summed E-state index contributed by atoms with van der Waals surface area (Å²) < 4.78 is 12.7. The van der Waals surface area contributed by atoms with Crippen LogP contribution < -0.4 is 4.57 Å². The van der Waals surface area contributed by atoms with E-state index in [0.717, 1.165) is 11.9 Å². The van der Waals surface area contributed by atoms with Crippen LogP contribution >= 0.6 is 0 Å². The second-order valence-electron chi connectivity index (χ2n) is 4.18. The van der Waals surface area contributed by atoms with E-state index >= 15 is 0 Å². The van der Waals surface area contributed by atoms with E-state index < -0.39 is 0 Å². The molecule has 6 nitrogen and oxygen atoms in total. The molecule has 1 heterocycles. The molecule has 0 fully saturated rings. The van der Waals surface area contributed by atoms with E-state index in [1.54, 1.807) is 24.7 Å². The Morgan fingerprint density at radius 3 is 2.95 bits per heavy atom. The van der Waals surface area contributed by atoms with Gasteiger partial charge in [-0.3, -0.25) is 5.41 Å². The topological polar surface area (TPSA) is 71.4 Å². The van der Waals surface area contributed by atoms with Crippen LogP contribution in [0.3, 0.4) is 0 Å². The molecule has 0 saturated carbocycles. The lowest BCUT2D eigenvalue weighted by atomic mass is 10.3. The lowest BCUT2D eigenvalue weighted by Crippen LogP contribution is -2.36. The minimum Gasteiger partial charge on any atom is -0.498 e. The number of allylic oxidation sites excluding steroid dienone is 2. The molecule has 1 rings (SSSR count). The van der Waals surface area contributed by atoms with Gasteiger partial charge in [-0.25, -0.2) is 9.56 Å². The first kappa shape index (κ1) is 17.5. The molecule has 0 aliphatic carbocycles. The number of hydrogen-bond acceptors (Lipinski definition) is 4. The summed E-state index contributed by atoms with van der Waals surface area (Å²) in [6.45, 7) is 9.54. The average Bonchev–Trinajstić information content (AvgIpc) is 2.57. The highest BCUT2D eigenvalue weighted by molar-refractivity contribution is 5.86. The minimum absolute atomic E-state index is 0.436. The van der Waals surface area contributed by atoms with Gasteiger partial charge in [0.05, 0.1) is 25.0 Å². The van der Waals surface area contributed by atoms with Gasteiger partial charge >= 0.3 is 0 Å². The zero-order chi connectivity index (χ0) is 16.0. The van der Waals surface area contributed by atoms with E-state index in [9.17, 15) is 0 Å². The van der Waals surface area contributed by atoms with Crippen molar-refractivity contribution in [2.75, 3.05) is 19.8 Å². The zero-order valence-corrected chi connectivity index (χ0v) is 12.5. The van der Waals surface area contributed by atoms with Gasteiger partial charge in [0.1, 0.15) is 31.9 Å². The van der Waals surface area contributed by atoms with Gasteiger partial charge in [-0.15, -0.1) is 0 Å². The molecule has 1 aromatic rings. The summed E-state index contributed by atoms with van der Waals surface area (Å²) in [6.07, 6.45) is 12.8. The van der Waals surface area contributed by atoms with E-state index in [0.29, 0.717) is 31.9 Å². The highest BCUT2D eigenvalue weighted by atomic mass is 16.5. The van der Waals surface area contributed by atoms with E-state index in [2.05, 4.69) is 23.1 Å². The zero-order valence-electron chi connectivity index (χ0n) is 12.5. The molecule has 0 aromatic carbocycles. The number of ether oxygens (including phenoxy) is 2. The van der Waals surface area contributed by atoms with E-state index in [1.165, 1.54) is 12.5 Å². The number of rotatable bonds is 11. The van der Waals surface area contributed by atoms with Gasteiger partial charge in [0.2, 0.25) is 0 Å². The average molecular weight is 301 g/mol. The molecule has 116 valence electrons. The molecule has 0 atom stereocenters. The predicted molar refractivity (Wildman–Crippen MR) is 86.8 cm³/mol. The quantitative estimate of drug-likeness (QED) is 0.169. The summed E-state index contributed by atoms with van der Waals surface area (Å²) in [5.41, 5.74) is 1.67.